The van der Waals surface area contributed by atoms with E-state index in [1.807, 2.05) is 38.2 Å². The van der Waals surface area contributed by atoms with E-state index in [2.05, 4.69) is 26.0 Å². The molecule has 2 aromatic heterocycles. The van der Waals surface area contributed by atoms with Crippen molar-refractivity contribution in [3.05, 3.63) is 41.8 Å². The summed E-state index contributed by atoms with van der Waals surface area (Å²) in [6.45, 7) is 7.27. The number of hydrogen-bond acceptors (Lipinski definition) is 7. The third kappa shape index (κ3) is 5.67. The molecule has 9 nitrogen and oxygen atoms in total. The lowest BCUT2D eigenvalue weighted by atomic mass is 9.77. The van der Waals surface area contributed by atoms with Crippen LogP contribution in [-0.4, -0.2) is 38.5 Å². The number of aryl methyl sites for hydroxylation is 1. The van der Waals surface area contributed by atoms with Gasteiger partial charge in [-0.15, -0.1) is 0 Å². The Hall–Kier alpha value is -3.87. The summed E-state index contributed by atoms with van der Waals surface area (Å²) in [7, 11) is 1.85. The normalized spacial score (nSPS) is 15.5. The summed E-state index contributed by atoms with van der Waals surface area (Å²) < 4.78 is 22.2. The Morgan fingerprint density at radius 1 is 1.28 bits per heavy atom. The fourth-order valence-electron chi connectivity index (χ4n) is 4.32. The quantitative estimate of drug-likeness (QED) is 0.413. The predicted molar refractivity (Wildman–Crippen MR) is 136 cm³/mol. The van der Waals surface area contributed by atoms with Crippen molar-refractivity contribution in [3.63, 3.8) is 0 Å². The van der Waals surface area contributed by atoms with Gasteiger partial charge in [-0.2, -0.15) is 10.4 Å². The number of carbonyl (C=O) groups is 1. The molecule has 190 valence electrons. The largest absolute Gasteiger partial charge is 0.444 e. The molecule has 1 amide bonds. The van der Waals surface area contributed by atoms with Crippen molar-refractivity contribution in [3.8, 4) is 6.07 Å². The molecule has 3 N–H and O–H groups in total. The van der Waals surface area contributed by atoms with Crippen molar-refractivity contribution < 1.29 is 13.9 Å². The van der Waals surface area contributed by atoms with Crippen LogP contribution in [0.3, 0.4) is 0 Å². The lowest BCUT2D eigenvalue weighted by molar-refractivity contribution is 0.0492. The maximum Gasteiger partial charge on any atom is 0.407 e. The molecule has 1 saturated carbocycles. The second-order valence-corrected chi connectivity index (χ2v) is 10.3. The maximum atomic E-state index is 15.0. The lowest BCUT2D eigenvalue weighted by Crippen LogP contribution is -2.51. The maximum absolute atomic E-state index is 15.0. The van der Waals surface area contributed by atoms with E-state index in [1.54, 1.807) is 31.6 Å². The van der Waals surface area contributed by atoms with E-state index < -0.39 is 17.5 Å². The van der Waals surface area contributed by atoms with Gasteiger partial charge in [0.1, 0.15) is 11.7 Å². The van der Waals surface area contributed by atoms with Crippen LogP contribution < -0.4 is 16.0 Å². The first kappa shape index (κ1) is 25.2. The smallest absolute Gasteiger partial charge is 0.407 e. The Morgan fingerprint density at radius 3 is 2.67 bits per heavy atom. The van der Waals surface area contributed by atoms with Crippen LogP contribution in [-0.2, 0) is 11.8 Å². The highest BCUT2D eigenvalue weighted by molar-refractivity contribution is 5.83. The minimum absolute atomic E-state index is 0.0212. The van der Waals surface area contributed by atoms with Gasteiger partial charge in [-0.05, 0) is 70.7 Å². The number of aromatic nitrogens is 3. The van der Waals surface area contributed by atoms with Gasteiger partial charge in [-0.1, -0.05) is 6.42 Å². The van der Waals surface area contributed by atoms with Crippen LogP contribution in [0.25, 0.3) is 10.9 Å². The second kappa shape index (κ2) is 10.0. The first-order chi connectivity index (χ1) is 17.0. The van der Waals surface area contributed by atoms with Crippen LogP contribution in [0.4, 0.5) is 26.5 Å². The summed E-state index contributed by atoms with van der Waals surface area (Å²) in [5.41, 5.74) is 1.07. The second-order valence-electron chi connectivity index (χ2n) is 10.3. The molecular weight excluding hydrogens is 461 g/mol. The van der Waals surface area contributed by atoms with E-state index in [1.165, 1.54) is 6.07 Å². The Balaban J connectivity index is 1.58. The van der Waals surface area contributed by atoms with Crippen LogP contribution >= 0.6 is 0 Å². The molecule has 4 rings (SSSR count). The van der Waals surface area contributed by atoms with E-state index in [0.717, 1.165) is 30.2 Å². The van der Waals surface area contributed by atoms with Crippen molar-refractivity contribution in [2.45, 2.75) is 64.6 Å². The molecule has 0 unspecified atom stereocenters. The Bertz CT molecular complexity index is 1300. The van der Waals surface area contributed by atoms with E-state index in [-0.39, 0.29) is 35.2 Å². The van der Waals surface area contributed by atoms with Crippen LogP contribution in [0.1, 0.15) is 52.5 Å². The Kier molecular flexibility index (Phi) is 7.02. The number of ether oxygens (including phenoxy) is 1. The van der Waals surface area contributed by atoms with Gasteiger partial charge in [-0.25, -0.2) is 14.2 Å². The summed E-state index contributed by atoms with van der Waals surface area (Å²) in [4.78, 5) is 16.8. The van der Waals surface area contributed by atoms with E-state index in [4.69, 9.17) is 4.74 Å². The van der Waals surface area contributed by atoms with Gasteiger partial charge in [0.05, 0.1) is 23.3 Å². The number of amides is 1. The fraction of sp³-hybridized carbons (Fsp3) is 0.462. The number of rotatable bonds is 7. The average molecular weight is 494 g/mol. The number of benzene rings is 1. The van der Waals surface area contributed by atoms with Crippen molar-refractivity contribution in [1.82, 2.24) is 20.1 Å². The summed E-state index contributed by atoms with van der Waals surface area (Å²) >= 11 is 0. The van der Waals surface area contributed by atoms with E-state index in [9.17, 15) is 10.1 Å². The molecule has 3 aromatic rings. The Morgan fingerprint density at radius 2 is 2.03 bits per heavy atom. The molecule has 0 saturated heterocycles. The standard InChI is InChI=1S/C26H32FN7O2/c1-15(30-25(35)36-26(2,3)4)22(16-7-6-8-16)32-24-20(27)11-18(13-28)23(33-24)31-19-10-9-17-14-29-34(5)21(17)12-19/h9-12,14-16,22H,6-8H2,1-5H3,(H,30,35)(H2,31,32,33)/t15-,22-/m0/s1. The fourth-order valence-corrected chi connectivity index (χ4v) is 4.32. The molecule has 0 bridgehead atoms. The summed E-state index contributed by atoms with van der Waals surface area (Å²) in [5.74, 6) is -0.126. The SMILES string of the molecule is C[C@H](NC(=O)OC(C)(C)C)[C@H](Nc1nc(Nc2ccc3cnn(C)c3c2)c(C#N)cc1F)C1CCC1. The number of nitrogens with zero attached hydrogens (tertiary/aromatic N) is 4. The average Bonchev–Trinajstić information content (AvgIpc) is 3.12. The van der Waals surface area contributed by atoms with Gasteiger partial charge in [0.2, 0.25) is 0 Å². The van der Waals surface area contributed by atoms with Crippen LogP contribution in [0.15, 0.2) is 30.5 Å². The number of fused-ring (bicyclic) bond motifs is 1. The number of carbonyl (C=O) groups excluding carboxylic acids is 1. The van der Waals surface area contributed by atoms with Crippen molar-refractivity contribution in [2.24, 2.45) is 13.0 Å². The van der Waals surface area contributed by atoms with Crippen molar-refractivity contribution in [2.75, 3.05) is 10.6 Å². The van der Waals surface area contributed by atoms with Gasteiger partial charge >= 0.3 is 6.09 Å². The van der Waals surface area contributed by atoms with Gasteiger partial charge < -0.3 is 20.7 Å². The number of nitriles is 1. The molecule has 1 fully saturated rings. The van der Waals surface area contributed by atoms with Crippen LogP contribution in [0.2, 0.25) is 0 Å². The molecule has 0 aliphatic heterocycles. The van der Waals surface area contributed by atoms with Crippen LogP contribution in [0.5, 0.6) is 0 Å². The molecular formula is C26H32FN7O2. The van der Waals surface area contributed by atoms with Gasteiger partial charge in [0.15, 0.2) is 17.5 Å². The van der Waals surface area contributed by atoms with E-state index >= 15 is 4.39 Å². The third-order valence-electron chi connectivity index (χ3n) is 6.35. The molecule has 1 aliphatic rings. The van der Waals surface area contributed by atoms with Gasteiger partial charge in [0.25, 0.3) is 0 Å². The number of alkyl carbamates (subject to hydrolysis) is 1. The van der Waals surface area contributed by atoms with Gasteiger partial charge in [-0.3, -0.25) is 4.68 Å². The van der Waals surface area contributed by atoms with E-state index in [0.29, 0.717) is 5.69 Å². The lowest BCUT2D eigenvalue weighted by Gasteiger charge is -2.38. The minimum Gasteiger partial charge on any atom is -0.444 e. The molecule has 36 heavy (non-hydrogen) atoms. The zero-order valence-electron chi connectivity index (χ0n) is 21.2. The highest BCUT2D eigenvalue weighted by Gasteiger charge is 2.34. The van der Waals surface area contributed by atoms with Crippen LogP contribution in [0, 0.1) is 23.1 Å². The highest BCUT2D eigenvalue weighted by Crippen LogP contribution is 2.34. The zero-order chi connectivity index (χ0) is 26.0. The first-order valence-corrected chi connectivity index (χ1v) is 12.1. The monoisotopic (exact) mass is 493 g/mol. The van der Waals surface area contributed by atoms with Crippen molar-refractivity contribution in [1.29, 1.82) is 5.26 Å². The molecule has 1 aromatic carbocycles. The summed E-state index contributed by atoms with van der Waals surface area (Å²) in [6, 6.07) is 8.24. The number of halogens is 1. The van der Waals surface area contributed by atoms with Gasteiger partial charge in [0, 0.05) is 24.2 Å². The molecule has 2 atom stereocenters. The van der Waals surface area contributed by atoms with Crippen molar-refractivity contribution >= 4 is 34.3 Å². The highest BCUT2D eigenvalue weighted by atomic mass is 19.1. The number of pyridine rings is 1. The number of nitrogens with one attached hydrogen (secondary N) is 3. The minimum atomic E-state index is -0.632. The molecule has 2 heterocycles. The predicted octanol–water partition coefficient (Wildman–Crippen LogP) is 5.22. The Labute approximate surface area is 210 Å². The molecule has 0 radical (unpaired) electrons. The molecule has 1 aliphatic carbocycles. The zero-order valence-corrected chi connectivity index (χ0v) is 21.2. The number of anilines is 3. The summed E-state index contributed by atoms with van der Waals surface area (Å²) in [6.07, 6.45) is 4.25. The molecule has 10 heteroatoms. The first-order valence-electron chi connectivity index (χ1n) is 12.1. The summed E-state index contributed by atoms with van der Waals surface area (Å²) in [5, 5.41) is 24.1. The third-order valence-corrected chi connectivity index (χ3v) is 6.35. The topological polar surface area (TPSA) is 117 Å². The number of hydrogen-bond donors (Lipinski definition) is 3. The molecule has 0 spiro atoms.